The van der Waals surface area contributed by atoms with Crippen LogP contribution in [0.15, 0.2) is 165 Å². The maximum Gasteiger partial charge on any atom is 0.146 e. The number of rotatable bonds is 4. The van der Waals surface area contributed by atoms with Crippen LogP contribution >= 0.6 is 0 Å². The third kappa shape index (κ3) is 4.30. The van der Waals surface area contributed by atoms with Crippen molar-refractivity contribution in [3.63, 3.8) is 0 Å². The summed E-state index contributed by atoms with van der Waals surface area (Å²) in [6.45, 7) is 11.5. The standard InChI is InChI=1S/C53H33N3/c1-4-36-39-18-9-11-20-42(39)50(35-26-24-33(30-54)25-27-35)55-53(36)56-51-38-17-8-6-15-34(38)28-29-45(51)49-48-44-23-13-22-40(37-16-7-5-14-31(37)2)46(44)32(3)47(48)41-19-10-12-21-43(41)52(49)56/h4-29H,1,3H2,2H3. The van der Waals surface area contributed by atoms with E-state index in [-0.39, 0.29) is 0 Å². The lowest BCUT2D eigenvalue weighted by atomic mass is 9.91. The lowest BCUT2D eigenvalue weighted by molar-refractivity contribution is 1.09. The molecule has 0 bridgehead atoms. The number of benzene rings is 8. The molecule has 260 valence electrons. The highest BCUT2D eigenvalue weighted by Crippen LogP contribution is 2.56. The Balaban J connectivity index is 1.37. The van der Waals surface area contributed by atoms with Gasteiger partial charge in [0, 0.05) is 43.6 Å². The second kappa shape index (κ2) is 12.0. The van der Waals surface area contributed by atoms with Crippen molar-refractivity contribution in [3.8, 4) is 45.4 Å². The number of pyridine rings is 1. The minimum absolute atomic E-state index is 0.614. The van der Waals surface area contributed by atoms with Crippen LogP contribution < -0.4 is 0 Å². The van der Waals surface area contributed by atoms with Crippen LogP contribution in [0, 0.1) is 18.3 Å². The molecule has 8 aromatic carbocycles. The first-order chi connectivity index (χ1) is 27.6. The fourth-order valence-corrected chi connectivity index (χ4v) is 9.39. The fraction of sp³-hybridized carbons (Fsp3) is 0.0189. The number of hydrogen-bond acceptors (Lipinski definition) is 2. The molecule has 0 spiro atoms. The third-order valence-corrected chi connectivity index (χ3v) is 11.8. The molecule has 0 amide bonds. The van der Waals surface area contributed by atoms with Gasteiger partial charge in [-0.25, -0.2) is 4.98 Å². The third-order valence-electron chi connectivity index (χ3n) is 11.8. The van der Waals surface area contributed by atoms with Crippen LogP contribution in [-0.4, -0.2) is 9.55 Å². The van der Waals surface area contributed by atoms with Crippen LogP contribution in [0.25, 0.3) is 105 Å². The zero-order valence-corrected chi connectivity index (χ0v) is 30.8. The monoisotopic (exact) mass is 711 g/mol. The Bertz CT molecular complexity index is 3410. The highest BCUT2D eigenvalue weighted by Gasteiger charge is 2.33. The second-order valence-corrected chi connectivity index (χ2v) is 14.7. The second-order valence-electron chi connectivity index (χ2n) is 14.7. The molecule has 1 aliphatic carbocycles. The predicted molar refractivity (Wildman–Crippen MR) is 235 cm³/mol. The molecule has 10 aromatic rings. The van der Waals surface area contributed by atoms with Crippen molar-refractivity contribution in [1.29, 1.82) is 5.26 Å². The topological polar surface area (TPSA) is 41.6 Å². The van der Waals surface area contributed by atoms with Gasteiger partial charge in [-0.1, -0.05) is 159 Å². The van der Waals surface area contributed by atoms with Crippen LogP contribution in [0.4, 0.5) is 0 Å². The van der Waals surface area contributed by atoms with Crippen LogP contribution in [0.5, 0.6) is 0 Å². The zero-order chi connectivity index (χ0) is 37.7. The van der Waals surface area contributed by atoms with E-state index in [1.54, 1.807) is 0 Å². The van der Waals surface area contributed by atoms with Gasteiger partial charge in [-0.3, -0.25) is 4.57 Å². The van der Waals surface area contributed by atoms with Crippen LogP contribution in [0.1, 0.15) is 27.8 Å². The Morgan fingerprint density at radius 2 is 1.23 bits per heavy atom. The molecule has 0 saturated heterocycles. The van der Waals surface area contributed by atoms with E-state index in [1.165, 1.54) is 44.3 Å². The van der Waals surface area contributed by atoms with E-state index in [4.69, 9.17) is 11.6 Å². The Morgan fingerprint density at radius 3 is 2.00 bits per heavy atom. The van der Waals surface area contributed by atoms with Crippen LogP contribution in [0.3, 0.4) is 0 Å². The number of nitriles is 1. The first-order valence-electron chi connectivity index (χ1n) is 18.9. The number of hydrogen-bond donors (Lipinski definition) is 0. The maximum absolute atomic E-state index is 9.63. The van der Waals surface area contributed by atoms with Gasteiger partial charge >= 0.3 is 0 Å². The SMILES string of the molecule is C=Cc1c(-n2c3c4ccccc4ccc3c3c4c(c5ccccc5c32)C(=C)c2c(-c3ccccc3C)cccc2-4)nc(-c2ccc(C#N)cc2)c2ccccc12. The van der Waals surface area contributed by atoms with Crippen molar-refractivity contribution in [1.82, 2.24) is 9.55 Å². The highest BCUT2D eigenvalue weighted by molar-refractivity contribution is 6.33. The average Bonchev–Trinajstić information content (AvgIpc) is 3.76. The molecule has 1 aliphatic rings. The summed E-state index contributed by atoms with van der Waals surface area (Å²) in [5.74, 6) is 0.810. The molecule has 0 fully saturated rings. The summed E-state index contributed by atoms with van der Waals surface area (Å²) in [6.07, 6.45) is 1.96. The first-order valence-corrected chi connectivity index (χ1v) is 18.9. The Morgan fingerprint density at radius 1 is 0.571 bits per heavy atom. The Labute approximate surface area is 324 Å². The van der Waals surface area contributed by atoms with Crippen LogP contribution in [0.2, 0.25) is 0 Å². The van der Waals surface area contributed by atoms with E-state index >= 15 is 0 Å². The summed E-state index contributed by atoms with van der Waals surface area (Å²) >= 11 is 0. The molecule has 0 unspecified atom stereocenters. The van der Waals surface area contributed by atoms with E-state index in [2.05, 4.69) is 152 Å². The lowest BCUT2D eigenvalue weighted by Crippen LogP contribution is -2.04. The molecule has 11 rings (SSSR count). The quantitative estimate of drug-likeness (QED) is 0.182. The van der Waals surface area contributed by atoms with Gasteiger partial charge in [-0.05, 0) is 74.2 Å². The predicted octanol–water partition coefficient (Wildman–Crippen LogP) is 13.8. The van der Waals surface area contributed by atoms with Gasteiger partial charge in [0.2, 0.25) is 0 Å². The van der Waals surface area contributed by atoms with Crippen molar-refractivity contribution < 1.29 is 0 Å². The number of fused-ring (bicyclic) bond motifs is 13. The van der Waals surface area contributed by atoms with Crippen molar-refractivity contribution >= 4 is 65.8 Å². The van der Waals surface area contributed by atoms with E-state index in [9.17, 15) is 5.26 Å². The molecule has 0 saturated carbocycles. The molecular formula is C53H33N3. The molecule has 3 heteroatoms. The van der Waals surface area contributed by atoms with Gasteiger partial charge in [-0.15, -0.1) is 0 Å². The van der Waals surface area contributed by atoms with Gasteiger partial charge in [0.05, 0.1) is 28.4 Å². The number of aromatic nitrogens is 2. The smallest absolute Gasteiger partial charge is 0.146 e. The van der Waals surface area contributed by atoms with Crippen molar-refractivity contribution in [3.05, 3.63) is 193 Å². The van der Waals surface area contributed by atoms with Gasteiger partial charge in [0.15, 0.2) is 0 Å². The summed E-state index contributed by atoms with van der Waals surface area (Å²) < 4.78 is 2.41. The summed E-state index contributed by atoms with van der Waals surface area (Å²) in [6, 6.07) is 55.8. The van der Waals surface area contributed by atoms with Gasteiger partial charge in [0.25, 0.3) is 0 Å². The lowest BCUT2D eigenvalue weighted by Gasteiger charge is -2.18. The summed E-state index contributed by atoms with van der Waals surface area (Å²) in [7, 11) is 0. The maximum atomic E-state index is 9.63. The Kier molecular flexibility index (Phi) is 6.83. The summed E-state index contributed by atoms with van der Waals surface area (Å²) in [5.41, 5.74) is 15.1. The van der Waals surface area contributed by atoms with Crippen molar-refractivity contribution in [2.75, 3.05) is 0 Å². The minimum atomic E-state index is 0.614. The molecular weight excluding hydrogens is 679 g/mol. The largest absolute Gasteiger partial charge is 0.292 e. The van der Waals surface area contributed by atoms with Gasteiger partial charge < -0.3 is 0 Å². The molecule has 2 aromatic heterocycles. The summed E-state index contributed by atoms with van der Waals surface area (Å²) in [4.78, 5) is 5.66. The zero-order valence-electron chi connectivity index (χ0n) is 30.8. The normalized spacial score (nSPS) is 12.1. The first kappa shape index (κ1) is 31.9. The molecule has 56 heavy (non-hydrogen) atoms. The van der Waals surface area contributed by atoms with E-state index in [1.807, 2.05) is 30.3 Å². The van der Waals surface area contributed by atoms with Crippen molar-refractivity contribution in [2.24, 2.45) is 0 Å². The van der Waals surface area contributed by atoms with Crippen molar-refractivity contribution in [2.45, 2.75) is 6.92 Å². The molecule has 0 aliphatic heterocycles. The molecule has 3 nitrogen and oxygen atoms in total. The van der Waals surface area contributed by atoms with E-state index in [0.29, 0.717) is 5.56 Å². The average molecular weight is 712 g/mol. The van der Waals surface area contributed by atoms with E-state index < -0.39 is 0 Å². The minimum Gasteiger partial charge on any atom is -0.292 e. The molecule has 2 heterocycles. The Hall–Kier alpha value is -7.54. The van der Waals surface area contributed by atoms with Crippen LogP contribution in [-0.2, 0) is 0 Å². The number of nitrogens with zero attached hydrogens (tertiary/aromatic N) is 3. The molecule has 0 N–H and O–H groups in total. The molecule has 0 radical (unpaired) electrons. The van der Waals surface area contributed by atoms with Gasteiger partial charge in [0.1, 0.15) is 5.82 Å². The molecule has 0 atom stereocenters. The summed E-state index contributed by atoms with van der Waals surface area (Å²) in [5, 5.41) is 18.7. The number of aryl methyl sites for hydroxylation is 1. The van der Waals surface area contributed by atoms with Gasteiger partial charge in [-0.2, -0.15) is 5.26 Å². The van der Waals surface area contributed by atoms with E-state index in [0.717, 1.165) is 76.9 Å². The highest BCUT2D eigenvalue weighted by atomic mass is 15.1. The fourth-order valence-electron chi connectivity index (χ4n) is 9.39.